The summed E-state index contributed by atoms with van der Waals surface area (Å²) in [7, 11) is 2.11. The number of rotatable bonds is 2. The van der Waals surface area contributed by atoms with Gasteiger partial charge < -0.3 is 9.64 Å². The first-order chi connectivity index (χ1) is 6.34. The molecule has 1 saturated heterocycles. The molecular weight excluding hydrogens is 164 g/mol. The van der Waals surface area contributed by atoms with E-state index in [1.54, 1.807) is 18.3 Å². The second-order valence-electron chi connectivity index (χ2n) is 3.38. The Morgan fingerprint density at radius 2 is 2.62 bits per heavy atom. The Morgan fingerprint density at radius 3 is 3.23 bits per heavy atom. The van der Waals surface area contributed by atoms with Crippen molar-refractivity contribution in [3.8, 4) is 5.88 Å². The molecule has 1 unspecified atom stereocenters. The number of aromatic nitrogens is 1. The van der Waals surface area contributed by atoms with Crippen molar-refractivity contribution in [2.45, 2.75) is 12.5 Å². The topological polar surface area (TPSA) is 25.4 Å². The molecule has 0 saturated carbocycles. The molecular formula is C10H13N2O. The third-order valence-electron chi connectivity index (χ3n) is 2.21. The standard InChI is InChI=1S/C10H13N2O/c1-12-7-5-9(8-12)13-10-4-2-3-6-11-10/h3-4,6,9H,5,7-8H2,1H3. The minimum atomic E-state index is 0.299. The number of likely N-dealkylation sites (N-methyl/N-ethyl adjacent to an activating group) is 1. The number of likely N-dealkylation sites (tertiary alicyclic amines) is 1. The lowest BCUT2D eigenvalue weighted by Crippen LogP contribution is -2.21. The SMILES string of the molecule is CN1CCC(Oc2c[c]ccn2)C1. The number of hydrogen-bond donors (Lipinski definition) is 0. The molecule has 0 spiro atoms. The fourth-order valence-electron chi connectivity index (χ4n) is 1.54. The number of nitrogens with zero attached hydrogens (tertiary/aromatic N) is 2. The van der Waals surface area contributed by atoms with Crippen molar-refractivity contribution in [3.63, 3.8) is 0 Å². The molecule has 1 atom stereocenters. The summed E-state index contributed by atoms with van der Waals surface area (Å²) in [6.07, 6.45) is 3.09. The number of hydrogen-bond acceptors (Lipinski definition) is 3. The van der Waals surface area contributed by atoms with E-state index in [4.69, 9.17) is 4.74 Å². The smallest absolute Gasteiger partial charge is 0.214 e. The lowest BCUT2D eigenvalue weighted by molar-refractivity contribution is 0.200. The molecule has 13 heavy (non-hydrogen) atoms. The van der Waals surface area contributed by atoms with E-state index in [-0.39, 0.29) is 0 Å². The molecule has 3 heteroatoms. The summed E-state index contributed by atoms with van der Waals surface area (Å²) in [6.45, 7) is 2.11. The van der Waals surface area contributed by atoms with E-state index in [1.807, 2.05) is 0 Å². The molecule has 2 rings (SSSR count). The molecule has 0 bridgehead atoms. The van der Waals surface area contributed by atoms with Gasteiger partial charge in [0.05, 0.1) is 0 Å². The Kier molecular flexibility index (Phi) is 2.45. The molecule has 0 aliphatic carbocycles. The minimum Gasteiger partial charge on any atom is -0.473 e. The highest BCUT2D eigenvalue weighted by Gasteiger charge is 2.20. The first kappa shape index (κ1) is 8.51. The van der Waals surface area contributed by atoms with Crippen LogP contribution in [0.1, 0.15) is 6.42 Å². The highest BCUT2D eigenvalue weighted by atomic mass is 16.5. The highest BCUT2D eigenvalue weighted by Crippen LogP contribution is 2.13. The van der Waals surface area contributed by atoms with E-state index in [0.29, 0.717) is 12.0 Å². The maximum absolute atomic E-state index is 5.66. The van der Waals surface area contributed by atoms with Gasteiger partial charge in [0, 0.05) is 25.4 Å². The van der Waals surface area contributed by atoms with Crippen LogP contribution >= 0.6 is 0 Å². The molecule has 0 N–H and O–H groups in total. The average Bonchev–Trinajstić information content (AvgIpc) is 2.53. The Morgan fingerprint density at radius 1 is 1.69 bits per heavy atom. The van der Waals surface area contributed by atoms with Gasteiger partial charge in [0.15, 0.2) is 0 Å². The molecule has 2 heterocycles. The van der Waals surface area contributed by atoms with Gasteiger partial charge in [-0.1, -0.05) is 0 Å². The lowest BCUT2D eigenvalue weighted by atomic mass is 10.3. The van der Waals surface area contributed by atoms with Crippen LogP contribution in [0, 0.1) is 6.07 Å². The molecule has 1 aromatic heterocycles. The Labute approximate surface area is 78.3 Å². The molecule has 0 amide bonds. The predicted molar refractivity (Wildman–Crippen MR) is 49.6 cm³/mol. The van der Waals surface area contributed by atoms with Gasteiger partial charge in [-0.3, -0.25) is 0 Å². The molecule has 1 fully saturated rings. The van der Waals surface area contributed by atoms with Gasteiger partial charge >= 0.3 is 0 Å². The van der Waals surface area contributed by atoms with Gasteiger partial charge in [0.1, 0.15) is 6.10 Å². The van der Waals surface area contributed by atoms with Gasteiger partial charge in [-0.2, -0.15) is 0 Å². The van der Waals surface area contributed by atoms with Crippen LogP contribution in [0.15, 0.2) is 18.3 Å². The molecule has 1 aliphatic heterocycles. The van der Waals surface area contributed by atoms with Crippen molar-refractivity contribution in [2.24, 2.45) is 0 Å². The summed E-state index contributed by atoms with van der Waals surface area (Å²) in [5.41, 5.74) is 0. The van der Waals surface area contributed by atoms with Crippen molar-refractivity contribution in [2.75, 3.05) is 20.1 Å². The van der Waals surface area contributed by atoms with E-state index in [0.717, 1.165) is 19.5 Å². The third-order valence-corrected chi connectivity index (χ3v) is 2.21. The predicted octanol–water partition coefficient (Wildman–Crippen LogP) is 0.965. The summed E-state index contributed by atoms with van der Waals surface area (Å²) in [5.74, 6) is 0.683. The van der Waals surface area contributed by atoms with Crippen molar-refractivity contribution < 1.29 is 4.74 Å². The fourth-order valence-corrected chi connectivity index (χ4v) is 1.54. The first-order valence-corrected chi connectivity index (χ1v) is 4.52. The highest BCUT2D eigenvalue weighted by molar-refractivity contribution is 5.08. The zero-order chi connectivity index (χ0) is 9.10. The molecule has 3 nitrogen and oxygen atoms in total. The van der Waals surface area contributed by atoms with E-state index >= 15 is 0 Å². The van der Waals surface area contributed by atoms with Crippen LogP contribution in [0.3, 0.4) is 0 Å². The Balaban J connectivity index is 1.92. The number of ether oxygens (including phenoxy) is 1. The fraction of sp³-hybridized carbons (Fsp3) is 0.500. The molecule has 1 radical (unpaired) electrons. The molecule has 1 aromatic rings. The monoisotopic (exact) mass is 177 g/mol. The largest absolute Gasteiger partial charge is 0.473 e. The molecule has 69 valence electrons. The van der Waals surface area contributed by atoms with Crippen LogP contribution in [0.2, 0.25) is 0 Å². The van der Waals surface area contributed by atoms with Crippen LogP contribution < -0.4 is 4.74 Å². The lowest BCUT2D eigenvalue weighted by Gasteiger charge is -2.11. The Bertz CT molecular complexity index is 263. The average molecular weight is 177 g/mol. The van der Waals surface area contributed by atoms with Crippen molar-refractivity contribution >= 4 is 0 Å². The number of pyridine rings is 1. The second kappa shape index (κ2) is 3.75. The van der Waals surface area contributed by atoms with Crippen LogP contribution in [0.5, 0.6) is 5.88 Å². The minimum absolute atomic E-state index is 0.299. The van der Waals surface area contributed by atoms with Gasteiger partial charge in [0.2, 0.25) is 5.88 Å². The van der Waals surface area contributed by atoms with E-state index in [9.17, 15) is 0 Å². The zero-order valence-electron chi connectivity index (χ0n) is 7.73. The van der Waals surface area contributed by atoms with Crippen LogP contribution in [0.25, 0.3) is 0 Å². The van der Waals surface area contributed by atoms with Crippen molar-refractivity contribution in [1.29, 1.82) is 0 Å². The third kappa shape index (κ3) is 2.18. The van der Waals surface area contributed by atoms with Gasteiger partial charge in [-0.15, -0.1) is 0 Å². The van der Waals surface area contributed by atoms with E-state index in [1.165, 1.54) is 0 Å². The van der Waals surface area contributed by atoms with Crippen LogP contribution in [-0.2, 0) is 0 Å². The Hall–Kier alpha value is -1.09. The summed E-state index contributed by atoms with van der Waals surface area (Å²) in [5, 5.41) is 0. The quantitative estimate of drug-likeness (QED) is 0.673. The normalized spacial score (nSPS) is 23.3. The summed E-state index contributed by atoms with van der Waals surface area (Å²) in [6, 6.07) is 6.49. The zero-order valence-corrected chi connectivity index (χ0v) is 7.73. The summed E-state index contributed by atoms with van der Waals surface area (Å²) in [4.78, 5) is 6.36. The summed E-state index contributed by atoms with van der Waals surface area (Å²) < 4.78 is 5.66. The maximum atomic E-state index is 5.66. The maximum Gasteiger partial charge on any atom is 0.214 e. The molecule has 0 aromatic carbocycles. The van der Waals surface area contributed by atoms with E-state index < -0.39 is 0 Å². The van der Waals surface area contributed by atoms with Crippen LogP contribution in [0.4, 0.5) is 0 Å². The van der Waals surface area contributed by atoms with Gasteiger partial charge in [0.25, 0.3) is 0 Å². The van der Waals surface area contributed by atoms with Gasteiger partial charge in [-0.05, 0) is 25.6 Å². The molecule has 1 aliphatic rings. The first-order valence-electron chi connectivity index (χ1n) is 4.52. The van der Waals surface area contributed by atoms with Crippen molar-refractivity contribution in [3.05, 3.63) is 24.4 Å². The second-order valence-corrected chi connectivity index (χ2v) is 3.38. The van der Waals surface area contributed by atoms with Crippen LogP contribution in [-0.4, -0.2) is 36.1 Å². The van der Waals surface area contributed by atoms with Gasteiger partial charge in [-0.25, -0.2) is 4.98 Å². The van der Waals surface area contributed by atoms with Crippen molar-refractivity contribution in [1.82, 2.24) is 9.88 Å². The van der Waals surface area contributed by atoms with E-state index in [2.05, 4.69) is 23.0 Å². The summed E-state index contributed by atoms with van der Waals surface area (Å²) >= 11 is 0.